The maximum absolute atomic E-state index is 11.0. The number of tetrazole rings is 1. The quantitative estimate of drug-likeness (QED) is 0.448. The molecule has 14 nitrogen and oxygen atoms in total. The first kappa shape index (κ1) is 10.3. The Morgan fingerprint density at radius 1 is 1.18 bits per heavy atom. The zero-order valence-corrected chi connectivity index (χ0v) is 7.57. The molecule has 2 aromatic rings. The van der Waals surface area contributed by atoms with Crippen molar-refractivity contribution in [3.05, 3.63) is 25.4 Å². The lowest BCUT2D eigenvalue weighted by molar-refractivity contribution is -0.403. The van der Waals surface area contributed by atoms with Crippen LogP contribution in [0.5, 0.6) is 0 Å². The lowest BCUT2D eigenvalue weighted by Gasteiger charge is -2.00. The van der Waals surface area contributed by atoms with Crippen molar-refractivity contribution in [2.45, 2.75) is 0 Å². The molecule has 0 saturated carbocycles. The Hall–Kier alpha value is -3.19. The second-order valence-electron chi connectivity index (χ2n) is 2.49. The highest BCUT2D eigenvalue weighted by atomic mass is 16.6. The standard InChI is InChI=1S/C3N9O5/c13-10-3(5-7-8-10)9-2(12(16)17)4-1(6-9)11(14)15/q-1. The molecule has 0 aliphatic carbocycles. The van der Waals surface area contributed by atoms with Crippen LogP contribution in [0.15, 0.2) is 0 Å². The van der Waals surface area contributed by atoms with E-state index in [2.05, 4.69) is 25.6 Å². The smallest absolute Gasteiger partial charge is 0.509 e. The van der Waals surface area contributed by atoms with E-state index in [-0.39, 0.29) is 9.53 Å². The second kappa shape index (κ2) is 3.43. The van der Waals surface area contributed by atoms with Crippen molar-refractivity contribution in [1.82, 2.24) is 35.1 Å². The van der Waals surface area contributed by atoms with E-state index in [1.807, 2.05) is 0 Å². The lowest BCUT2D eigenvalue weighted by Crippen LogP contribution is -2.08. The summed E-state index contributed by atoms with van der Waals surface area (Å²) in [6.45, 7) is 0. The first-order chi connectivity index (χ1) is 8.00. The molecule has 0 bridgehead atoms. The third-order valence-corrected chi connectivity index (χ3v) is 1.52. The van der Waals surface area contributed by atoms with Gasteiger partial charge in [0.25, 0.3) is 0 Å². The van der Waals surface area contributed by atoms with Gasteiger partial charge in [0.05, 0.1) is 0 Å². The van der Waals surface area contributed by atoms with E-state index < -0.39 is 27.7 Å². The molecule has 14 heteroatoms. The summed E-state index contributed by atoms with van der Waals surface area (Å²) in [4.78, 5) is 21.6. The van der Waals surface area contributed by atoms with Crippen LogP contribution in [0, 0.1) is 25.4 Å². The molecule has 17 heavy (non-hydrogen) atoms. The largest absolute Gasteiger partial charge is 0.786 e. The fraction of sp³-hybridized carbons (Fsp3) is 0. The molecule has 0 fully saturated rings. The predicted molar refractivity (Wildman–Crippen MR) is 44.8 cm³/mol. The van der Waals surface area contributed by atoms with Crippen LogP contribution >= 0.6 is 0 Å². The van der Waals surface area contributed by atoms with Crippen LogP contribution in [0.25, 0.3) is 5.95 Å². The first-order valence-corrected chi connectivity index (χ1v) is 3.73. The minimum Gasteiger partial charge on any atom is -0.786 e. The van der Waals surface area contributed by atoms with Crippen molar-refractivity contribution in [1.29, 1.82) is 0 Å². The summed E-state index contributed by atoms with van der Waals surface area (Å²) < 4.78 is 0.269. The van der Waals surface area contributed by atoms with E-state index in [4.69, 9.17) is 0 Å². The molecular formula is C3N9O5-. The van der Waals surface area contributed by atoms with Crippen LogP contribution in [0.2, 0.25) is 0 Å². The van der Waals surface area contributed by atoms with Crippen molar-refractivity contribution in [2.24, 2.45) is 0 Å². The predicted octanol–water partition coefficient (Wildman–Crippen LogP) is -1.58. The fourth-order valence-corrected chi connectivity index (χ4v) is 0.921. The summed E-state index contributed by atoms with van der Waals surface area (Å²) in [6.07, 6.45) is 0. The zero-order chi connectivity index (χ0) is 12.6. The zero-order valence-electron chi connectivity index (χ0n) is 7.57. The summed E-state index contributed by atoms with van der Waals surface area (Å²) in [5.74, 6) is -2.79. The highest BCUT2D eigenvalue weighted by molar-refractivity contribution is 5.23. The normalized spacial score (nSPS) is 10.4. The highest BCUT2D eigenvalue weighted by Crippen LogP contribution is 2.16. The van der Waals surface area contributed by atoms with Gasteiger partial charge in [-0.2, -0.15) is 0 Å². The van der Waals surface area contributed by atoms with Gasteiger partial charge in [-0.05, 0) is 20.3 Å². The van der Waals surface area contributed by atoms with E-state index in [1.54, 1.807) is 0 Å². The van der Waals surface area contributed by atoms with Gasteiger partial charge in [-0.1, -0.05) is 5.10 Å². The molecule has 2 rings (SSSR count). The molecular weight excluding hydrogens is 242 g/mol. The van der Waals surface area contributed by atoms with Gasteiger partial charge in [-0.25, -0.2) is 4.85 Å². The molecule has 0 aliphatic rings. The number of aromatic nitrogens is 7. The van der Waals surface area contributed by atoms with Gasteiger partial charge in [0, 0.05) is 9.67 Å². The second-order valence-corrected chi connectivity index (χ2v) is 2.49. The topological polar surface area (TPSA) is 184 Å². The van der Waals surface area contributed by atoms with Crippen molar-refractivity contribution in [2.75, 3.05) is 0 Å². The van der Waals surface area contributed by atoms with Crippen molar-refractivity contribution in [3.63, 3.8) is 0 Å². The Morgan fingerprint density at radius 3 is 2.35 bits per heavy atom. The molecule has 0 saturated heterocycles. The van der Waals surface area contributed by atoms with Crippen molar-refractivity contribution in [3.8, 4) is 5.95 Å². The maximum Gasteiger partial charge on any atom is 0.509 e. The Balaban J connectivity index is 2.64. The van der Waals surface area contributed by atoms with Gasteiger partial charge in [-0.15, -0.1) is 0 Å². The maximum atomic E-state index is 11.0. The SMILES string of the molecule is O=[N+]([O-])c1nc([N+](=O)[O-])n(-c2nnnn2[O-])n1. The van der Waals surface area contributed by atoms with Crippen LogP contribution in [0.3, 0.4) is 0 Å². The van der Waals surface area contributed by atoms with Gasteiger partial charge in [-0.3, -0.25) is 0 Å². The van der Waals surface area contributed by atoms with E-state index >= 15 is 0 Å². The molecule has 0 N–H and O–H groups in total. The summed E-state index contributed by atoms with van der Waals surface area (Å²) in [6, 6.07) is 0. The number of hydrogen-bond donors (Lipinski definition) is 0. The molecule has 0 aromatic carbocycles. The minimum absolute atomic E-state index is 0.189. The van der Waals surface area contributed by atoms with Crippen molar-refractivity contribution >= 4 is 11.9 Å². The number of nitrogens with zero attached hydrogens (tertiary/aromatic N) is 9. The summed E-state index contributed by atoms with van der Waals surface area (Å²) in [5, 5.41) is 43.9. The van der Waals surface area contributed by atoms with Gasteiger partial charge in [0.15, 0.2) is 0 Å². The summed E-state index contributed by atoms with van der Waals surface area (Å²) in [5.41, 5.74) is 0. The van der Waals surface area contributed by atoms with E-state index in [0.29, 0.717) is 0 Å². The van der Waals surface area contributed by atoms with E-state index in [9.17, 15) is 25.4 Å². The number of nitro groups is 2. The molecule has 2 heterocycles. The van der Waals surface area contributed by atoms with Crippen LogP contribution in [0.4, 0.5) is 11.9 Å². The number of rotatable bonds is 3. The summed E-state index contributed by atoms with van der Waals surface area (Å²) in [7, 11) is 0. The third kappa shape index (κ3) is 1.58. The summed E-state index contributed by atoms with van der Waals surface area (Å²) >= 11 is 0. The van der Waals surface area contributed by atoms with Crippen LogP contribution in [-0.2, 0) is 0 Å². The molecule has 0 atom stereocenters. The van der Waals surface area contributed by atoms with Gasteiger partial charge in [0.2, 0.25) is 0 Å². The third-order valence-electron chi connectivity index (χ3n) is 1.52. The molecule has 0 unspecified atom stereocenters. The average molecular weight is 242 g/mol. The monoisotopic (exact) mass is 242 g/mol. The first-order valence-electron chi connectivity index (χ1n) is 3.73. The van der Waals surface area contributed by atoms with Crippen molar-refractivity contribution < 1.29 is 9.85 Å². The lowest BCUT2D eigenvalue weighted by atomic mass is 10.9. The van der Waals surface area contributed by atoms with Gasteiger partial charge in [0.1, 0.15) is 5.10 Å². The van der Waals surface area contributed by atoms with E-state index in [0.717, 1.165) is 0 Å². The van der Waals surface area contributed by atoms with Crippen LogP contribution < -0.4 is 0 Å². The molecule has 0 spiro atoms. The Labute approximate surface area is 89.4 Å². The fourth-order valence-electron chi connectivity index (χ4n) is 0.921. The highest BCUT2D eigenvalue weighted by Gasteiger charge is 2.32. The van der Waals surface area contributed by atoms with Gasteiger partial charge >= 0.3 is 17.8 Å². The molecule has 2 aromatic heterocycles. The average Bonchev–Trinajstić information content (AvgIpc) is 2.82. The minimum atomic E-state index is -1.06. The van der Waals surface area contributed by atoms with Gasteiger partial charge < -0.3 is 25.4 Å². The molecule has 0 aliphatic heterocycles. The Bertz CT molecular complexity index is 598. The Morgan fingerprint density at radius 2 is 1.88 bits per heavy atom. The Kier molecular flexibility index (Phi) is 2.09. The van der Waals surface area contributed by atoms with E-state index in [1.165, 1.54) is 0 Å². The molecule has 0 amide bonds. The molecule has 88 valence electrons. The van der Waals surface area contributed by atoms with Crippen LogP contribution in [-0.4, -0.2) is 45.0 Å². The molecule has 0 radical (unpaired) electrons. The van der Waals surface area contributed by atoms with Crippen LogP contribution in [0.1, 0.15) is 0 Å². The number of hydrogen-bond acceptors (Lipinski definition) is 10.